The minimum Gasteiger partial charge on any atom is -0.323 e. The quantitative estimate of drug-likeness (QED) is 0.769. The van der Waals surface area contributed by atoms with Crippen LogP contribution in [0.15, 0.2) is 0 Å². The van der Waals surface area contributed by atoms with Crippen molar-refractivity contribution in [1.29, 1.82) is 0 Å². The smallest absolute Gasteiger partial charge is 0.323 e. The van der Waals surface area contributed by atoms with Crippen molar-refractivity contribution in [2.45, 2.75) is 25.0 Å². The third-order valence-electron chi connectivity index (χ3n) is 2.91. The number of amides is 3. The molecule has 5 heteroatoms. The molecule has 3 amide bonds. The molecule has 0 aromatic rings. The summed E-state index contributed by atoms with van der Waals surface area (Å²) in [5.41, 5.74) is 0. The summed E-state index contributed by atoms with van der Waals surface area (Å²) in [6.45, 7) is 3.21. The Labute approximate surface area is 93.8 Å². The molecular weight excluding hydrogens is 212 g/mol. The van der Waals surface area contributed by atoms with Crippen molar-refractivity contribution in [3.8, 4) is 0 Å². The number of nitrogens with zero attached hydrogens (tertiary/aromatic N) is 1. The summed E-state index contributed by atoms with van der Waals surface area (Å²) in [6, 6.07) is -0.217. The Balaban J connectivity index is 1.90. The van der Waals surface area contributed by atoms with Gasteiger partial charge in [-0.15, -0.1) is 0 Å². The molecule has 2 rings (SSSR count). The summed E-state index contributed by atoms with van der Waals surface area (Å²) in [5, 5.41) is 2.96. The zero-order valence-electron chi connectivity index (χ0n) is 8.86. The molecule has 0 aromatic carbocycles. The molecule has 2 unspecified atom stereocenters. The van der Waals surface area contributed by atoms with E-state index < -0.39 is 0 Å². The number of imide groups is 1. The number of nitrogens with one attached hydrogen (secondary N) is 1. The molecule has 0 radical (unpaired) electrons. The lowest BCUT2D eigenvalue weighted by molar-refractivity contribution is -0.125. The largest absolute Gasteiger partial charge is 0.324 e. The average molecular weight is 228 g/mol. The topological polar surface area (TPSA) is 49.4 Å². The Bertz CT molecular complexity index is 277. The van der Waals surface area contributed by atoms with Crippen molar-refractivity contribution in [3.05, 3.63) is 0 Å². The summed E-state index contributed by atoms with van der Waals surface area (Å²) in [4.78, 5) is 24.5. The van der Waals surface area contributed by atoms with Gasteiger partial charge in [-0.05, 0) is 18.6 Å². The van der Waals surface area contributed by atoms with Crippen LogP contribution < -0.4 is 5.32 Å². The highest BCUT2D eigenvalue weighted by Crippen LogP contribution is 2.27. The van der Waals surface area contributed by atoms with Crippen LogP contribution in [-0.2, 0) is 4.79 Å². The second-order valence-electron chi connectivity index (χ2n) is 4.24. The zero-order chi connectivity index (χ0) is 10.8. The summed E-state index contributed by atoms with van der Waals surface area (Å²) in [6.07, 6.45) is 2.44. The summed E-state index contributed by atoms with van der Waals surface area (Å²) in [7, 11) is 0. The van der Waals surface area contributed by atoms with Gasteiger partial charge in [-0.3, -0.25) is 10.1 Å². The minimum atomic E-state index is -0.217. The van der Waals surface area contributed by atoms with Crippen molar-refractivity contribution in [1.82, 2.24) is 10.2 Å². The fourth-order valence-electron chi connectivity index (χ4n) is 2.00. The molecule has 1 N–H and O–H groups in total. The highest BCUT2D eigenvalue weighted by molar-refractivity contribution is 8.00. The molecule has 2 fully saturated rings. The van der Waals surface area contributed by atoms with Gasteiger partial charge < -0.3 is 4.90 Å². The van der Waals surface area contributed by atoms with E-state index in [4.69, 9.17) is 0 Å². The number of carbonyl (C=O) groups is 2. The molecule has 0 saturated carbocycles. The molecule has 2 aliphatic heterocycles. The van der Waals surface area contributed by atoms with Crippen LogP contribution in [0.4, 0.5) is 4.79 Å². The molecule has 15 heavy (non-hydrogen) atoms. The molecule has 0 aromatic heterocycles. The maximum absolute atomic E-state index is 11.5. The second kappa shape index (κ2) is 4.43. The van der Waals surface area contributed by atoms with E-state index in [2.05, 4.69) is 5.32 Å². The van der Waals surface area contributed by atoms with Gasteiger partial charge in [0.25, 0.3) is 0 Å². The fourth-order valence-corrected chi connectivity index (χ4v) is 3.28. The Morgan fingerprint density at radius 1 is 1.53 bits per heavy atom. The van der Waals surface area contributed by atoms with Crippen molar-refractivity contribution in [3.63, 3.8) is 0 Å². The van der Waals surface area contributed by atoms with E-state index >= 15 is 0 Å². The second-order valence-corrected chi connectivity index (χ2v) is 5.64. The van der Waals surface area contributed by atoms with Gasteiger partial charge in [-0.1, -0.05) is 6.92 Å². The highest BCUT2D eigenvalue weighted by Gasteiger charge is 2.31. The van der Waals surface area contributed by atoms with Crippen LogP contribution in [0.3, 0.4) is 0 Å². The number of hydrogen-bond acceptors (Lipinski definition) is 3. The molecule has 2 atom stereocenters. The van der Waals surface area contributed by atoms with Crippen molar-refractivity contribution in [2.24, 2.45) is 5.92 Å². The van der Waals surface area contributed by atoms with Gasteiger partial charge in [0.1, 0.15) is 0 Å². The predicted octanol–water partition coefficient (Wildman–Crippen LogP) is 1.07. The Hall–Kier alpha value is -0.710. The van der Waals surface area contributed by atoms with Crippen LogP contribution in [0.25, 0.3) is 0 Å². The van der Waals surface area contributed by atoms with Crippen LogP contribution in [0.1, 0.15) is 19.8 Å². The first-order valence-corrected chi connectivity index (χ1v) is 6.43. The lowest BCUT2D eigenvalue weighted by atomic mass is 10.1. The van der Waals surface area contributed by atoms with Gasteiger partial charge in [0, 0.05) is 18.3 Å². The van der Waals surface area contributed by atoms with E-state index in [1.165, 1.54) is 18.6 Å². The Kier molecular flexibility index (Phi) is 3.19. The standard InChI is InChI=1S/C10H16N2O2S/c1-7-5-12(10(14)11-9(7)13)6-8-3-2-4-15-8/h7-8H,2-6H2,1H3,(H,11,13,14). The van der Waals surface area contributed by atoms with Crippen LogP contribution in [0, 0.1) is 5.92 Å². The van der Waals surface area contributed by atoms with E-state index in [9.17, 15) is 9.59 Å². The zero-order valence-corrected chi connectivity index (χ0v) is 9.68. The van der Waals surface area contributed by atoms with Crippen molar-refractivity contribution < 1.29 is 9.59 Å². The van der Waals surface area contributed by atoms with Gasteiger partial charge in [0.2, 0.25) is 5.91 Å². The SMILES string of the molecule is CC1CN(CC2CCCS2)C(=O)NC1=O. The number of thioether (sulfide) groups is 1. The number of hydrogen-bond donors (Lipinski definition) is 1. The summed E-state index contributed by atoms with van der Waals surface area (Å²) >= 11 is 1.93. The first-order chi connectivity index (χ1) is 7.16. The van der Waals surface area contributed by atoms with Crippen LogP contribution in [0.2, 0.25) is 0 Å². The van der Waals surface area contributed by atoms with Crippen LogP contribution >= 0.6 is 11.8 Å². The van der Waals surface area contributed by atoms with Gasteiger partial charge in [-0.2, -0.15) is 11.8 Å². The molecular formula is C10H16N2O2S. The Morgan fingerprint density at radius 3 is 3.00 bits per heavy atom. The minimum absolute atomic E-state index is 0.0749. The molecule has 2 aliphatic rings. The summed E-state index contributed by atoms with van der Waals surface area (Å²) < 4.78 is 0. The molecule has 0 spiro atoms. The number of urea groups is 1. The molecule has 0 bridgehead atoms. The van der Waals surface area contributed by atoms with Gasteiger partial charge in [0.15, 0.2) is 0 Å². The van der Waals surface area contributed by atoms with Crippen LogP contribution in [0.5, 0.6) is 0 Å². The monoisotopic (exact) mass is 228 g/mol. The lowest BCUT2D eigenvalue weighted by Crippen LogP contribution is -2.54. The van der Waals surface area contributed by atoms with E-state index in [0.29, 0.717) is 11.8 Å². The third kappa shape index (κ3) is 2.45. The fraction of sp³-hybridized carbons (Fsp3) is 0.800. The van der Waals surface area contributed by atoms with Crippen molar-refractivity contribution >= 4 is 23.7 Å². The molecule has 4 nitrogen and oxygen atoms in total. The van der Waals surface area contributed by atoms with Crippen molar-refractivity contribution in [2.75, 3.05) is 18.8 Å². The van der Waals surface area contributed by atoms with E-state index in [1.54, 1.807) is 4.90 Å². The molecule has 0 aliphatic carbocycles. The first kappa shape index (κ1) is 10.8. The Morgan fingerprint density at radius 2 is 2.33 bits per heavy atom. The first-order valence-electron chi connectivity index (χ1n) is 5.38. The maximum Gasteiger partial charge on any atom is 0.324 e. The van der Waals surface area contributed by atoms with E-state index in [0.717, 1.165) is 6.54 Å². The molecule has 2 saturated heterocycles. The molecule has 84 valence electrons. The van der Waals surface area contributed by atoms with Gasteiger partial charge in [-0.25, -0.2) is 4.79 Å². The normalized spacial score (nSPS) is 31.9. The highest BCUT2D eigenvalue weighted by atomic mass is 32.2. The third-order valence-corrected chi connectivity index (χ3v) is 4.29. The van der Waals surface area contributed by atoms with Gasteiger partial charge >= 0.3 is 6.03 Å². The van der Waals surface area contributed by atoms with Gasteiger partial charge in [0.05, 0.1) is 5.92 Å². The van der Waals surface area contributed by atoms with E-state index in [-0.39, 0.29) is 17.9 Å². The lowest BCUT2D eigenvalue weighted by Gasteiger charge is -2.31. The number of rotatable bonds is 2. The number of carbonyl (C=O) groups excluding carboxylic acids is 2. The van der Waals surface area contributed by atoms with E-state index in [1.807, 2.05) is 18.7 Å². The average Bonchev–Trinajstić information content (AvgIpc) is 2.67. The summed E-state index contributed by atoms with van der Waals surface area (Å²) in [5.74, 6) is 0.985. The predicted molar refractivity (Wildman–Crippen MR) is 59.8 cm³/mol. The van der Waals surface area contributed by atoms with Crippen LogP contribution in [-0.4, -0.2) is 40.9 Å². The maximum atomic E-state index is 11.5. The molecule has 2 heterocycles.